The van der Waals surface area contributed by atoms with Crippen LogP contribution in [0.3, 0.4) is 0 Å². The van der Waals surface area contributed by atoms with Crippen LogP contribution in [0.15, 0.2) is 0 Å². The Balaban J connectivity index is 2.54. The first-order valence-electron chi connectivity index (χ1n) is 7.28. The molecule has 3 unspecified atom stereocenters. The predicted octanol–water partition coefficient (Wildman–Crippen LogP) is 0.842. The average Bonchev–Trinajstić information content (AvgIpc) is 2.87. The Morgan fingerprint density at radius 3 is 2.65 bits per heavy atom. The van der Waals surface area contributed by atoms with Gasteiger partial charge >= 0.3 is 5.97 Å². The van der Waals surface area contributed by atoms with E-state index in [1.807, 2.05) is 0 Å². The van der Waals surface area contributed by atoms with E-state index in [0.717, 1.165) is 19.3 Å². The van der Waals surface area contributed by atoms with Gasteiger partial charge in [-0.3, -0.25) is 4.79 Å². The van der Waals surface area contributed by atoms with E-state index in [4.69, 9.17) is 10.5 Å². The average molecular weight is 286 g/mol. The van der Waals surface area contributed by atoms with Crippen LogP contribution in [0.25, 0.3) is 0 Å². The Bertz CT molecular complexity index is 335. The molecule has 1 heterocycles. The number of nitrogens with zero attached hydrogens (tertiary/aromatic N) is 1. The van der Waals surface area contributed by atoms with Crippen molar-refractivity contribution in [1.82, 2.24) is 4.90 Å². The molecule has 3 N–H and O–H groups in total. The first-order valence-corrected chi connectivity index (χ1v) is 7.28. The Labute approximate surface area is 120 Å². The van der Waals surface area contributed by atoms with E-state index < -0.39 is 12.0 Å². The van der Waals surface area contributed by atoms with Gasteiger partial charge in [0.2, 0.25) is 5.91 Å². The highest BCUT2D eigenvalue weighted by atomic mass is 16.5. The SMILES string of the molecule is CCC(CCN)CCC(=O)N1CC(OC)CC1C(=O)O. The zero-order chi connectivity index (χ0) is 15.1. The maximum atomic E-state index is 12.2. The highest BCUT2D eigenvalue weighted by molar-refractivity contribution is 5.84. The molecular formula is C14H26N2O4. The molecule has 0 radical (unpaired) electrons. The van der Waals surface area contributed by atoms with Gasteiger partial charge in [0.05, 0.1) is 6.10 Å². The smallest absolute Gasteiger partial charge is 0.326 e. The van der Waals surface area contributed by atoms with Crippen molar-refractivity contribution in [2.45, 2.75) is 51.2 Å². The second kappa shape index (κ2) is 8.21. The van der Waals surface area contributed by atoms with E-state index in [1.54, 1.807) is 7.11 Å². The summed E-state index contributed by atoms with van der Waals surface area (Å²) in [6.45, 7) is 3.08. The summed E-state index contributed by atoms with van der Waals surface area (Å²) < 4.78 is 5.18. The molecule has 1 rings (SSSR count). The molecule has 1 aliphatic rings. The lowest BCUT2D eigenvalue weighted by atomic mass is 9.96. The number of carbonyl (C=O) groups excluding carboxylic acids is 1. The quantitative estimate of drug-likeness (QED) is 0.690. The molecule has 0 aromatic heterocycles. The van der Waals surface area contributed by atoms with Crippen LogP contribution >= 0.6 is 0 Å². The molecule has 20 heavy (non-hydrogen) atoms. The molecule has 116 valence electrons. The molecule has 0 aromatic carbocycles. The number of nitrogens with two attached hydrogens (primary N) is 1. The van der Waals surface area contributed by atoms with Crippen molar-refractivity contribution in [2.75, 3.05) is 20.2 Å². The van der Waals surface area contributed by atoms with Crippen molar-refractivity contribution in [1.29, 1.82) is 0 Å². The number of rotatable bonds is 8. The molecule has 6 heteroatoms. The predicted molar refractivity (Wildman–Crippen MR) is 75.2 cm³/mol. The molecule has 3 atom stereocenters. The highest BCUT2D eigenvalue weighted by Crippen LogP contribution is 2.23. The molecule has 1 amide bonds. The fourth-order valence-electron chi connectivity index (χ4n) is 2.74. The summed E-state index contributed by atoms with van der Waals surface area (Å²) in [5.74, 6) is -0.604. The maximum Gasteiger partial charge on any atom is 0.326 e. The Morgan fingerprint density at radius 2 is 2.15 bits per heavy atom. The van der Waals surface area contributed by atoms with Crippen LogP contribution in [0.2, 0.25) is 0 Å². The monoisotopic (exact) mass is 286 g/mol. The van der Waals surface area contributed by atoms with Crippen LogP contribution in [0, 0.1) is 5.92 Å². The second-order valence-corrected chi connectivity index (χ2v) is 5.38. The molecule has 0 saturated carbocycles. The van der Waals surface area contributed by atoms with Crippen LogP contribution in [0.1, 0.15) is 39.0 Å². The summed E-state index contributed by atoms with van der Waals surface area (Å²) in [5, 5.41) is 9.19. The lowest BCUT2D eigenvalue weighted by Gasteiger charge is -2.22. The third-order valence-electron chi connectivity index (χ3n) is 4.12. The van der Waals surface area contributed by atoms with Gasteiger partial charge < -0.3 is 20.5 Å². The van der Waals surface area contributed by atoms with Gasteiger partial charge in [-0.1, -0.05) is 13.3 Å². The lowest BCUT2D eigenvalue weighted by Crippen LogP contribution is -2.40. The number of carbonyl (C=O) groups is 2. The van der Waals surface area contributed by atoms with E-state index in [9.17, 15) is 14.7 Å². The molecule has 1 aliphatic heterocycles. The summed E-state index contributed by atoms with van der Waals surface area (Å²) in [6, 6.07) is -0.748. The van der Waals surface area contributed by atoms with Gasteiger partial charge in [-0.2, -0.15) is 0 Å². The minimum absolute atomic E-state index is 0.0904. The zero-order valence-corrected chi connectivity index (χ0v) is 12.4. The number of carboxylic acid groups (broad SMARTS) is 1. The van der Waals surface area contributed by atoms with E-state index in [0.29, 0.717) is 31.8 Å². The van der Waals surface area contributed by atoms with Crippen LogP contribution < -0.4 is 5.73 Å². The Morgan fingerprint density at radius 1 is 1.45 bits per heavy atom. The van der Waals surface area contributed by atoms with Crippen molar-refractivity contribution in [3.05, 3.63) is 0 Å². The van der Waals surface area contributed by atoms with E-state index >= 15 is 0 Å². The van der Waals surface area contributed by atoms with E-state index in [1.165, 1.54) is 4.90 Å². The third kappa shape index (κ3) is 4.45. The normalized spacial score (nSPS) is 23.9. The summed E-state index contributed by atoms with van der Waals surface area (Å²) in [6.07, 6.45) is 3.26. The second-order valence-electron chi connectivity index (χ2n) is 5.38. The molecule has 0 aromatic rings. The lowest BCUT2D eigenvalue weighted by molar-refractivity contribution is -0.148. The first kappa shape index (κ1) is 16.9. The van der Waals surface area contributed by atoms with Gasteiger partial charge in [-0.05, 0) is 25.3 Å². The topological polar surface area (TPSA) is 92.9 Å². The molecule has 1 fully saturated rings. The Hall–Kier alpha value is -1.14. The zero-order valence-electron chi connectivity index (χ0n) is 12.4. The number of likely N-dealkylation sites (tertiary alicyclic amines) is 1. The molecule has 0 spiro atoms. The summed E-state index contributed by atoms with van der Waals surface area (Å²) in [7, 11) is 1.55. The van der Waals surface area contributed by atoms with Gasteiger partial charge in [0, 0.05) is 26.5 Å². The summed E-state index contributed by atoms with van der Waals surface area (Å²) in [4.78, 5) is 24.9. The maximum absolute atomic E-state index is 12.2. The van der Waals surface area contributed by atoms with Crippen molar-refractivity contribution in [3.63, 3.8) is 0 Å². The van der Waals surface area contributed by atoms with Crippen LogP contribution in [0.4, 0.5) is 0 Å². The number of hydrogen-bond donors (Lipinski definition) is 2. The Kier molecular flexibility index (Phi) is 6.95. The molecule has 0 bridgehead atoms. The van der Waals surface area contributed by atoms with Gasteiger partial charge in [-0.25, -0.2) is 4.79 Å². The minimum Gasteiger partial charge on any atom is -0.480 e. The van der Waals surface area contributed by atoms with Crippen LogP contribution in [0.5, 0.6) is 0 Å². The highest BCUT2D eigenvalue weighted by Gasteiger charge is 2.39. The van der Waals surface area contributed by atoms with E-state index in [-0.39, 0.29) is 12.0 Å². The van der Waals surface area contributed by atoms with Crippen molar-refractivity contribution < 1.29 is 19.4 Å². The first-order chi connectivity index (χ1) is 9.53. The van der Waals surface area contributed by atoms with Crippen LogP contribution in [-0.2, 0) is 14.3 Å². The third-order valence-corrected chi connectivity index (χ3v) is 4.12. The molecule has 1 saturated heterocycles. The van der Waals surface area contributed by atoms with Crippen molar-refractivity contribution in [2.24, 2.45) is 11.7 Å². The number of amides is 1. The molecular weight excluding hydrogens is 260 g/mol. The van der Waals surface area contributed by atoms with Crippen LogP contribution in [-0.4, -0.2) is 54.2 Å². The summed E-state index contributed by atoms with van der Waals surface area (Å²) in [5.41, 5.74) is 5.54. The van der Waals surface area contributed by atoms with E-state index in [2.05, 4.69) is 6.92 Å². The van der Waals surface area contributed by atoms with Crippen molar-refractivity contribution >= 4 is 11.9 Å². The van der Waals surface area contributed by atoms with Gasteiger partial charge in [0.25, 0.3) is 0 Å². The van der Waals surface area contributed by atoms with Gasteiger partial charge in [0.15, 0.2) is 0 Å². The fraction of sp³-hybridized carbons (Fsp3) is 0.857. The standard InChI is InChI=1S/C14H26N2O4/c1-3-10(6-7-15)4-5-13(17)16-9-11(20-2)8-12(16)14(18)19/h10-12H,3-9,15H2,1-2H3,(H,18,19). The largest absolute Gasteiger partial charge is 0.480 e. The minimum atomic E-state index is -0.952. The van der Waals surface area contributed by atoms with Gasteiger partial charge in [-0.15, -0.1) is 0 Å². The number of aliphatic carboxylic acids is 1. The number of methoxy groups -OCH3 is 1. The number of carboxylic acids is 1. The van der Waals surface area contributed by atoms with Crippen molar-refractivity contribution in [3.8, 4) is 0 Å². The molecule has 0 aliphatic carbocycles. The van der Waals surface area contributed by atoms with Gasteiger partial charge in [0.1, 0.15) is 6.04 Å². The number of ether oxygens (including phenoxy) is 1. The fourth-order valence-corrected chi connectivity index (χ4v) is 2.74. The molecule has 6 nitrogen and oxygen atoms in total. The number of hydrogen-bond acceptors (Lipinski definition) is 4. The summed E-state index contributed by atoms with van der Waals surface area (Å²) >= 11 is 0.